The number of benzene rings is 1. The normalized spacial score (nSPS) is 10.8. The van der Waals surface area contributed by atoms with Crippen molar-refractivity contribution in [3.63, 3.8) is 0 Å². The Balaban J connectivity index is 2.14. The van der Waals surface area contributed by atoms with Crippen LogP contribution < -0.4 is 16.8 Å². The first kappa shape index (κ1) is 14.3. The molecule has 0 saturated carbocycles. The van der Waals surface area contributed by atoms with Crippen molar-refractivity contribution < 1.29 is 4.79 Å². The second kappa shape index (κ2) is 5.61. The third-order valence-corrected chi connectivity index (χ3v) is 4.59. The largest absolute Gasteiger partial charge is 0.383 e. The second-order valence-corrected chi connectivity index (χ2v) is 5.84. The van der Waals surface area contributed by atoms with Gasteiger partial charge in [-0.2, -0.15) is 0 Å². The van der Waals surface area contributed by atoms with E-state index in [0.29, 0.717) is 11.5 Å². The van der Waals surface area contributed by atoms with Crippen molar-refractivity contribution in [2.45, 2.75) is 13.3 Å². The van der Waals surface area contributed by atoms with Crippen molar-refractivity contribution in [1.29, 1.82) is 0 Å². The zero-order chi connectivity index (χ0) is 15.7. The van der Waals surface area contributed by atoms with E-state index in [0.717, 1.165) is 27.8 Å². The summed E-state index contributed by atoms with van der Waals surface area (Å²) in [4.78, 5) is 21.4. The minimum atomic E-state index is -0.583. The Kier molecular flexibility index (Phi) is 3.64. The zero-order valence-electron chi connectivity index (χ0n) is 12.0. The van der Waals surface area contributed by atoms with Gasteiger partial charge in [-0.25, -0.2) is 14.8 Å². The van der Waals surface area contributed by atoms with Gasteiger partial charge in [-0.1, -0.05) is 19.1 Å². The number of fused-ring (bicyclic) bond motifs is 1. The molecule has 0 atom stereocenters. The molecule has 2 heterocycles. The van der Waals surface area contributed by atoms with Crippen LogP contribution in [0.3, 0.4) is 0 Å². The number of carbonyl (C=O) groups excluding carboxylic acids is 1. The Labute approximate surface area is 131 Å². The van der Waals surface area contributed by atoms with Gasteiger partial charge in [-0.05, 0) is 24.1 Å². The van der Waals surface area contributed by atoms with E-state index >= 15 is 0 Å². The second-order valence-electron chi connectivity index (χ2n) is 4.76. The molecule has 7 heteroatoms. The molecular formula is C15H15N5OS. The molecule has 112 valence electrons. The molecule has 6 nitrogen and oxygen atoms in total. The summed E-state index contributed by atoms with van der Waals surface area (Å²) in [7, 11) is 0. The molecule has 3 aromatic rings. The van der Waals surface area contributed by atoms with Crippen LogP contribution >= 0.6 is 11.3 Å². The summed E-state index contributed by atoms with van der Waals surface area (Å²) in [6.45, 7) is 2.10. The van der Waals surface area contributed by atoms with E-state index < -0.39 is 6.03 Å². The highest BCUT2D eigenvalue weighted by Crippen LogP contribution is 2.40. The Morgan fingerprint density at radius 2 is 2.00 bits per heavy atom. The molecule has 2 amide bonds. The Morgan fingerprint density at radius 1 is 1.27 bits per heavy atom. The van der Waals surface area contributed by atoms with E-state index in [1.54, 1.807) is 11.3 Å². The fourth-order valence-electron chi connectivity index (χ4n) is 2.42. The predicted molar refractivity (Wildman–Crippen MR) is 89.8 cm³/mol. The van der Waals surface area contributed by atoms with Crippen LogP contribution in [0.4, 0.5) is 16.3 Å². The summed E-state index contributed by atoms with van der Waals surface area (Å²) in [6, 6.07) is 6.89. The molecule has 0 saturated heterocycles. The average Bonchev–Trinajstić information content (AvgIpc) is 2.87. The molecule has 0 unspecified atom stereocenters. The van der Waals surface area contributed by atoms with E-state index in [1.165, 1.54) is 11.2 Å². The van der Waals surface area contributed by atoms with E-state index in [-0.39, 0.29) is 0 Å². The number of thiophene rings is 1. The van der Waals surface area contributed by atoms with Crippen LogP contribution in [0.2, 0.25) is 0 Å². The van der Waals surface area contributed by atoms with Gasteiger partial charge in [-0.3, -0.25) is 0 Å². The monoisotopic (exact) mass is 313 g/mol. The minimum absolute atomic E-state index is 0.482. The van der Waals surface area contributed by atoms with E-state index in [1.807, 2.05) is 24.3 Å². The smallest absolute Gasteiger partial charge is 0.316 e. The van der Waals surface area contributed by atoms with Gasteiger partial charge in [0.2, 0.25) is 0 Å². The molecule has 5 N–H and O–H groups in total. The first-order valence-electron chi connectivity index (χ1n) is 6.79. The van der Waals surface area contributed by atoms with Gasteiger partial charge in [0.25, 0.3) is 0 Å². The van der Waals surface area contributed by atoms with Gasteiger partial charge in [0.1, 0.15) is 17.0 Å². The van der Waals surface area contributed by atoms with Crippen LogP contribution in [0.1, 0.15) is 11.8 Å². The lowest BCUT2D eigenvalue weighted by Gasteiger charge is -2.07. The fraction of sp³-hybridized carbons (Fsp3) is 0.133. The maximum atomic E-state index is 10.9. The number of nitrogens with zero attached hydrogens (tertiary/aromatic N) is 2. The van der Waals surface area contributed by atoms with Crippen LogP contribution in [0.15, 0.2) is 30.6 Å². The summed E-state index contributed by atoms with van der Waals surface area (Å²) in [5.74, 6) is 0.482. The molecule has 0 radical (unpaired) electrons. The Bertz CT molecular complexity index is 841. The van der Waals surface area contributed by atoms with Gasteiger partial charge in [-0.15, -0.1) is 11.3 Å². The number of anilines is 2. The van der Waals surface area contributed by atoms with Crippen LogP contribution in [-0.2, 0) is 6.42 Å². The van der Waals surface area contributed by atoms with E-state index in [4.69, 9.17) is 11.5 Å². The predicted octanol–water partition coefficient (Wildman–Crippen LogP) is 2.99. The third-order valence-electron chi connectivity index (χ3n) is 3.35. The number of amides is 2. The molecule has 0 spiro atoms. The standard InChI is InChI=1S/C15H15N5OS/c1-2-10-11(12-13(16)18-7-19-14(12)22-10)8-3-5-9(6-4-8)20-15(17)21/h3-7H,2H2,1H3,(H2,16,18,19)(H3,17,20,21). The number of urea groups is 1. The highest BCUT2D eigenvalue weighted by atomic mass is 32.1. The topological polar surface area (TPSA) is 107 Å². The lowest BCUT2D eigenvalue weighted by molar-refractivity contribution is 0.259. The first-order valence-corrected chi connectivity index (χ1v) is 7.60. The molecule has 0 aliphatic rings. The summed E-state index contributed by atoms with van der Waals surface area (Å²) in [5.41, 5.74) is 13.9. The number of carbonyl (C=O) groups is 1. The molecule has 2 aromatic heterocycles. The number of primary amides is 1. The van der Waals surface area contributed by atoms with Crippen LogP contribution in [0.25, 0.3) is 21.3 Å². The number of nitrogens with two attached hydrogens (primary N) is 2. The van der Waals surface area contributed by atoms with Crippen LogP contribution in [0.5, 0.6) is 0 Å². The molecule has 3 rings (SSSR count). The molecule has 0 fully saturated rings. The van der Waals surface area contributed by atoms with Gasteiger partial charge < -0.3 is 16.8 Å². The highest BCUT2D eigenvalue weighted by Gasteiger charge is 2.16. The lowest BCUT2D eigenvalue weighted by atomic mass is 10.0. The van der Waals surface area contributed by atoms with Gasteiger partial charge in [0.05, 0.1) is 5.39 Å². The van der Waals surface area contributed by atoms with Crippen LogP contribution in [0, 0.1) is 0 Å². The first-order chi connectivity index (χ1) is 10.6. The number of hydrogen-bond donors (Lipinski definition) is 3. The number of rotatable bonds is 3. The number of nitrogens with one attached hydrogen (secondary N) is 1. The molecule has 22 heavy (non-hydrogen) atoms. The fourth-order valence-corrected chi connectivity index (χ4v) is 3.53. The maximum Gasteiger partial charge on any atom is 0.316 e. The quantitative estimate of drug-likeness (QED) is 0.691. The number of hydrogen-bond acceptors (Lipinski definition) is 5. The summed E-state index contributed by atoms with van der Waals surface area (Å²) >= 11 is 1.63. The molecule has 0 bridgehead atoms. The minimum Gasteiger partial charge on any atom is -0.383 e. The molecule has 0 aliphatic heterocycles. The summed E-state index contributed by atoms with van der Waals surface area (Å²) in [6.07, 6.45) is 2.37. The van der Waals surface area contributed by atoms with Gasteiger partial charge in [0.15, 0.2) is 0 Å². The summed E-state index contributed by atoms with van der Waals surface area (Å²) < 4.78 is 0. The number of nitrogen functional groups attached to an aromatic ring is 1. The van der Waals surface area contributed by atoms with Crippen molar-refractivity contribution in [2.24, 2.45) is 5.73 Å². The van der Waals surface area contributed by atoms with Crippen molar-refractivity contribution in [1.82, 2.24) is 9.97 Å². The molecule has 0 aliphatic carbocycles. The van der Waals surface area contributed by atoms with Gasteiger partial charge in [0, 0.05) is 16.1 Å². The van der Waals surface area contributed by atoms with Gasteiger partial charge >= 0.3 is 6.03 Å². The van der Waals surface area contributed by atoms with Crippen LogP contribution in [-0.4, -0.2) is 16.0 Å². The number of aromatic nitrogens is 2. The van der Waals surface area contributed by atoms with Crippen molar-refractivity contribution >= 4 is 39.1 Å². The average molecular weight is 313 g/mol. The summed E-state index contributed by atoms with van der Waals surface area (Å²) in [5, 5.41) is 3.44. The maximum absolute atomic E-state index is 10.9. The van der Waals surface area contributed by atoms with Crippen molar-refractivity contribution in [3.05, 3.63) is 35.5 Å². The number of aryl methyl sites for hydroxylation is 1. The molecular weight excluding hydrogens is 298 g/mol. The van der Waals surface area contributed by atoms with E-state index in [2.05, 4.69) is 22.2 Å². The SMILES string of the molecule is CCc1sc2ncnc(N)c2c1-c1ccc(NC(N)=O)cc1. The van der Waals surface area contributed by atoms with Crippen molar-refractivity contribution in [2.75, 3.05) is 11.1 Å². The molecule has 1 aromatic carbocycles. The highest BCUT2D eigenvalue weighted by molar-refractivity contribution is 7.19. The Morgan fingerprint density at radius 3 is 2.64 bits per heavy atom. The van der Waals surface area contributed by atoms with Crippen molar-refractivity contribution in [3.8, 4) is 11.1 Å². The third kappa shape index (κ3) is 2.46. The zero-order valence-corrected chi connectivity index (χ0v) is 12.8. The van der Waals surface area contributed by atoms with E-state index in [9.17, 15) is 4.79 Å². The Hall–Kier alpha value is -2.67. The lowest BCUT2D eigenvalue weighted by Crippen LogP contribution is -2.19.